The summed E-state index contributed by atoms with van der Waals surface area (Å²) >= 11 is 0. The molecule has 3 rings (SSSR count). The molecule has 0 saturated carbocycles. The van der Waals surface area contributed by atoms with Crippen molar-refractivity contribution in [3.05, 3.63) is 6.20 Å². The monoisotopic (exact) mass is 238 g/mol. The van der Waals surface area contributed by atoms with Gasteiger partial charge in [-0.25, -0.2) is 4.68 Å². The summed E-state index contributed by atoms with van der Waals surface area (Å²) in [6.07, 6.45) is 3.80. The minimum Gasteiger partial charge on any atom is -0.350 e. The number of aromatic nitrogens is 3. The molecule has 2 fully saturated rings. The van der Waals surface area contributed by atoms with E-state index >= 15 is 0 Å². The minimum absolute atomic E-state index is 0.374. The van der Waals surface area contributed by atoms with E-state index < -0.39 is 0 Å². The van der Waals surface area contributed by atoms with Crippen LogP contribution >= 0.6 is 0 Å². The first-order valence-electron chi connectivity index (χ1n) is 6.24. The molecule has 94 valence electrons. The molecule has 0 radical (unpaired) electrons. The van der Waals surface area contributed by atoms with E-state index in [0.29, 0.717) is 13.2 Å². The van der Waals surface area contributed by atoms with Crippen LogP contribution in [0.15, 0.2) is 6.20 Å². The Hall–Kier alpha value is -1.14. The van der Waals surface area contributed by atoms with Crippen LogP contribution in [0.1, 0.15) is 19.8 Å². The molecular weight excluding hydrogens is 220 g/mol. The van der Waals surface area contributed by atoms with Gasteiger partial charge < -0.3 is 14.4 Å². The lowest BCUT2D eigenvalue weighted by atomic mass is 10.2. The highest BCUT2D eigenvalue weighted by Crippen LogP contribution is 2.32. The predicted octanol–water partition coefficient (Wildman–Crippen LogP) is 0.641. The zero-order valence-electron chi connectivity index (χ0n) is 10.1. The second kappa shape index (κ2) is 4.27. The van der Waals surface area contributed by atoms with Crippen molar-refractivity contribution < 1.29 is 9.47 Å². The van der Waals surface area contributed by atoms with E-state index in [1.165, 1.54) is 0 Å². The lowest BCUT2D eigenvalue weighted by molar-refractivity contribution is -0.137. The van der Waals surface area contributed by atoms with Gasteiger partial charge in [0.15, 0.2) is 5.79 Å². The Balaban J connectivity index is 1.75. The summed E-state index contributed by atoms with van der Waals surface area (Å²) in [5, 5.41) is 8.10. The van der Waals surface area contributed by atoms with Gasteiger partial charge in [-0.1, -0.05) is 12.1 Å². The zero-order valence-corrected chi connectivity index (χ0v) is 10.1. The van der Waals surface area contributed by atoms with Gasteiger partial charge in [-0.05, 0) is 6.42 Å². The average molecular weight is 238 g/mol. The van der Waals surface area contributed by atoms with Crippen LogP contribution in [-0.4, -0.2) is 47.1 Å². The van der Waals surface area contributed by atoms with Crippen LogP contribution in [0.2, 0.25) is 0 Å². The maximum atomic E-state index is 5.72. The molecule has 2 aliphatic heterocycles. The topological polar surface area (TPSA) is 52.4 Å². The van der Waals surface area contributed by atoms with Gasteiger partial charge in [0.05, 0.1) is 26.0 Å². The first kappa shape index (κ1) is 11.0. The summed E-state index contributed by atoms with van der Waals surface area (Å²) in [6.45, 7) is 6.18. The van der Waals surface area contributed by atoms with Crippen molar-refractivity contribution in [1.82, 2.24) is 15.0 Å². The van der Waals surface area contributed by atoms with Gasteiger partial charge in [0.1, 0.15) is 5.82 Å². The Bertz CT molecular complexity index is 387. The van der Waals surface area contributed by atoms with Crippen molar-refractivity contribution in [3.8, 4) is 0 Å². The smallest absolute Gasteiger partial charge is 0.187 e. The van der Waals surface area contributed by atoms with Crippen LogP contribution in [0.5, 0.6) is 0 Å². The first-order chi connectivity index (χ1) is 8.33. The van der Waals surface area contributed by atoms with Gasteiger partial charge in [-0.15, -0.1) is 5.10 Å². The SMILES string of the molecule is CCCn1nncc1N1CCC2(C1)OCCO2. The van der Waals surface area contributed by atoms with Crippen molar-refractivity contribution in [2.45, 2.75) is 32.1 Å². The fourth-order valence-corrected chi connectivity index (χ4v) is 2.55. The van der Waals surface area contributed by atoms with Crippen molar-refractivity contribution in [2.75, 3.05) is 31.2 Å². The summed E-state index contributed by atoms with van der Waals surface area (Å²) in [5.74, 6) is 0.698. The van der Waals surface area contributed by atoms with E-state index in [0.717, 1.165) is 38.3 Å². The van der Waals surface area contributed by atoms with E-state index in [2.05, 4.69) is 22.1 Å². The Labute approximate surface area is 100 Å². The fraction of sp³-hybridized carbons (Fsp3) is 0.818. The van der Waals surface area contributed by atoms with E-state index in [-0.39, 0.29) is 5.79 Å². The summed E-state index contributed by atoms with van der Waals surface area (Å²) in [5.41, 5.74) is 0. The molecule has 0 bridgehead atoms. The van der Waals surface area contributed by atoms with E-state index in [9.17, 15) is 0 Å². The van der Waals surface area contributed by atoms with Gasteiger partial charge in [0.25, 0.3) is 0 Å². The third kappa shape index (κ3) is 1.91. The third-order valence-corrected chi connectivity index (χ3v) is 3.36. The number of anilines is 1. The molecule has 0 aromatic carbocycles. The third-order valence-electron chi connectivity index (χ3n) is 3.36. The molecule has 6 heteroatoms. The molecule has 0 N–H and O–H groups in total. The highest BCUT2D eigenvalue weighted by Gasteiger charge is 2.44. The second-order valence-electron chi connectivity index (χ2n) is 4.59. The number of aryl methyl sites for hydroxylation is 1. The molecule has 1 spiro atoms. The van der Waals surface area contributed by atoms with Crippen molar-refractivity contribution >= 4 is 5.82 Å². The van der Waals surface area contributed by atoms with Gasteiger partial charge in [-0.2, -0.15) is 0 Å². The van der Waals surface area contributed by atoms with Gasteiger partial charge in [0.2, 0.25) is 0 Å². The van der Waals surface area contributed by atoms with Crippen molar-refractivity contribution in [3.63, 3.8) is 0 Å². The average Bonchev–Trinajstić information content (AvgIpc) is 3.02. The number of ether oxygens (including phenoxy) is 2. The lowest BCUT2D eigenvalue weighted by Crippen LogP contribution is -2.35. The van der Waals surface area contributed by atoms with Crippen LogP contribution in [0.4, 0.5) is 5.82 Å². The van der Waals surface area contributed by atoms with Crippen LogP contribution in [0, 0.1) is 0 Å². The lowest BCUT2D eigenvalue weighted by Gasteiger charge is -2.23. The summed E-state index contributed by atoms with van der Waals surface area (Å²) < 4.78 is 13.4. The molecule has 6 nitrogen and oxygen atoms in total. The molecule has 17 heavy (non-hydrogen) atoms. The Kier molecular flexibility index (Phi) is 2.76. The first-order valence-corrected chi connectivity index (χ1v) is 6.24. The summed E-state index contributed by atoms with van der Waals surface area (Å²) in [7, 11) is 0. The molecule has 2 aliphatic rings. The molecule has 0 unspecified atom stereocenters. The fourth-order valence-electron chi connectivity index (χ4n) is 2.55. The quantitative estimate of drug-likeness (QED) is 0.773. The predicted molar refractivity (Wildman–Crippen MR) is 61.8 cm³/mol. The molecule has 3 heterocycles. The normalized spacial score (nSPS) is 22.8. The van der Waals surface area contributed by atoms with Crippen LogP contribution in [0.3, 0.4) is 0 Å². The second-order valence-corrected chi connectivity index (χ2v) is 4.59. The van der Waals surface area contributed by atoms with E-state index in [1.807, 2.05) is 10.9 Å². The maximum Gasteiger partial charge on any atom is 0.187 e. The van der Waals surface area contributed by atoms with Crippen LogP contribution < -0.4 is 4.90 Å². The molecule has 2 saturated heterocycles. The number of hydrogen-bond acceptors (Lipinski definition) is 5. The van der Waals surface area contributed by atoms with Gasteiger partial charge in [0, 0.05) is 19.5 Å². The Morgan fingerprint density at radius 2 is 2.24 bits per heavy atom. The van der Waals surface area contributed by atoms with Crippen molar-refractivity contribution in [1.29, 1.82) is 0 Å². The minimum atomic E-state index is -0.374. The molecule has 0 aliphatic carbocycles. The van der Waals surface area contributed by atoms with Gasteiger partial charge in [-0.3, -0.25) is 0 Å². The molecule has 1 aromatic heterocycles. The van der Waals surface area contributed by atoms with Crippen molar-refractivity contribution in [2.24, 2.45) is 0 Å². The Morgan fingerprint density at radius 1 is 1.41 bits per heavy atom. The maximum absolute atomic E-state index is 5.72. The highest BCUT2D eigenvalue weighted by atomic mass is 16.7. The summed E-state index contributed by atoms with van der Waals surface area (Å²) in [4.78, 5) is 2.25. The summed E-state index contributed by atoms with van der Waals surface area (Å²) in [6, 6.07) is 0. The van der Waals surface area contributed by atoms with E-state index in [1.54, 1.807) is 0 Å². The van der Waals surface area contributed by atoms with E-state index in [4.69, 9.17) is 9.47 Å². The standard InChI is InChI=1S/C11H18N4O2/c1-2-4-15-10(8-12-13-15)14-5-3-11(9-14)16-6-7-17-11/h8H,2-7,9H2,1H3. The highest BCUT2D eigenvalue weighted by molar-refractivity contribution is 5.38. The zero-order chi connectivity index (χ0) is 11.7. The Morgan fingerprint density at radius 3 is 3.00 bits per heavy atom. The molecular formula is C11H18N4O2. The number of hydrogen-bond donors (Lipinski definition) is 0. The molecule has 0 atom stereocenters. The van der Waals surface area contributed by atoms with Crippen LogP contribution in [0.25, 0.3) is 0 Å². The molecule has 1 aromatic rings. The molecule has 0 amide bonds. The van der Waals surface area contributed by atoms with Crippen LogP contribution in [-0.2, 0) is 16.0 Å². The number of rotatable bonds is 3. The van der Waals surface area contributed by atoms with Gasteiger partial charge >= 0.3 is 0 Å². The number of nitrogens with zero attached hydrogens (tertiary/aromatic N) is 4. The largest absolute Gasteiger partial charge is 0.350 e.